The molecule has 2 aromatic heterocycles. The zero-order valence-corrected chi connectivity index (χ0v) is 15.6. The van der Waals surface area contributed by atoms with Crippen LogP contribution in [0.2, 0.25) is 5.02 Å². The van der Waals surface area contributed by atoms with E-state index in [1.807, 2.05) is 26.8 Å². The molecule has 1 aromatic carbocycles. The van der Waals surface area contributed by atoms with Crippen molar-refractivity contribution < 1.29 is 13.9 Å². The third kappa shape index (κ3) is 3.70. The van der Waals surface area contributed by atoms with Crippen LogP contribution < -0.4 is 0 Å². The first kappa shape index (κ1) is 18.3. The fourth-order valence-corrected chi connectivity index (χ4v) is 3.14. The predicted molar refractivity (Wildman–Crippen MR) is 96.7 cm³/mol. The lowest BCUT2D eigenvalue weighted by Gasteiger charge is -2.11. The quantitative estimate of drug-likeness (QED) is 0.629. The van der Waals surface area contributed by atoms with Gasteiger partial charge in [0.25, 0.3) is 0 Å². The van der Waals surface area contributed by atoms with Crippen molar-refractivity contribution in [1.29, 1.82) is 0 Å². The van der Waals surface area contributed by atoms with Crippen LogP contribution in [0.15, 0.2) is 24.3 Å². The van der Waals surface area contributed by atoms with Gasteiger partial charge in [-0.15, -0.1) is 0 Å². The van der Waals surface area contributed by atoms with E-state index in [4.69, 9.17) is 16.3 Å². The van der Waals surface area contributed by atoms with E-state index < -0.39 is 11.8 Å². The molecule has 3 rings (SSSR count). The van der Waals surface area contributed by atoms with E-state index in [1.165, 1.54) is 12.1 Å². The average molecular weight is 376 g/mol. The number of benzene rings is 1. The van der Waals surface area contributed by atoms with Gasteiger partial charge in [-0.3, -0.25) is 4.79 Å². The highest BCUT2D eigenvalue weighted by Gasteiger charge is 2.14. The number of rotatable bonds is 5. The maximum atomic E-state index is 13.7. The van der Waals surface area contributed by atoms with E-state index in [1.54, 1.807) is 10.6 Å². The first-order valence-corrected chi connectivity index (χ1v) is 8.65. The molecule has 5 nitrogen and oxygen atoms in total. The topological polar surface area (TPSA) is 56.5 Å². The van der Waals surface area contributed by atoms with Gasteiger partial charge in [-0.25, -0.2) is 13.9 Å². The number of hydrogen-bond acceptors (Lipinski definition) is 4. The molecule has 3 aromatic rings. The van der Waals surface area contributed by atoms with Crippen molar-refractivity contribution in [3.63, 3.8) is 0 Å². The molecule has 0 fully saturated rings. The van der Waals surface area contributed by atoms with E-state index in [-0.39, 0.29) is 23.6 Å². The number of carbonyl (C=O) groups excluding carboxylic acids is 1. The van der Waals surface area contributed by atoms with Crippen LogP contribution in [0.4, 0.5) is 4.39 Å². The molecular weight excluding hydrogens is 357 g/mol. The molecule has 0 N–H and O–H groups in total. The summed E-state index contributed by atoms with van der Waals surface area (Å²) in [6.45, 7) is 5.59. The van der Waals surface area contributed by atoms with Gasteiger partial charge in [0, 0.05) is 29.4 Å². The number of aromatic nitrogens is 3. The predicted octanol–water partition coefficient (Wildman–Crippen LogP) is 4.12. The van der Waals surface area contributed by atoms with Crippen molar-refractivity contribution >= 4 is 23.2 Å². The molecule has 0 amide bonds. The number of esters is 1. The number of hydrogen-bond donors (Lipinski definition) is 0. The smallest absolute Gasteiger partial charge is 0.306 e. The third-order valence-electron chi connectivity index (χ3n) is 4.30. The second-order valence-corrected chi connectivity index (χ2v) is 6.58. The Hall–Kier alpha value is -2.47. The van der Waals surface area contributed by atoms with Crippen molar-refractivity contribution in [3.05, 3.63) is 63.3 Å². The van der Waals surface area contributed by atoms with Gasteiger partial charge in [0.2, 0.25) is 0 Å². The van der Waals surface area contributed by atoms with E-state index >= 15 is 0 Å². The Morgan fingerprint density at radius 3 is 2.77 bits per heavy atom. The third-order valence-corrected chi connectivity index (χ3v) is 4.66. The monoisotopic (exact) mass is 375 g/mol. The van der Waals surface area contributed by atoms with E-state index in [0.717, 1.165) is 28.3 Å². The highest BCUT2D eigenvalue weighted by atomic mass is 35.5. The number of aryl methyl sites for hydroxylation is 3. The Kier molecular flexibility index (Phi) is 5.23. The van der Waals surface area contributed by atoms with E-state index in [9.17, 15) is 9.18 Å². The summed E-state index contributed by atoms with van der Waals surface area (Å²) in [5.74, 6) is -0.902. The van der Waals surface area contributed by atoms with Crippen LogP contribution in [-0.4, -0.2) is 20.6 Å². The molecule has 0 bridgehead atoms. The molecule has 136 valence electrons. The van der Waals surface area contributed by atoms with Gasteiger partial charge in [0.15, 0.2) is 5.65 Å². The van der Waals surface area contributed by atoms with Gasteiger partial charge in [-0.05, 0) is 44.9 Å². The fourth-order valence-electron chi connectivity index (χ4n) is 2.93. The zero-order chi connectivity index (χ0) is 18.8. The van der Waals surface area contributed by atoms with Crippen LogP contribution in [0.25, 0.3) is 5.65 Å². The molecule has 0 aliphatic carbocycles. The summed E-state index contributed by atoms with van der Waals surface area (Å²) in [7, 11) is 0. The molecule has 26 heavy (non-hydrogen) atoms. The molecule has 0 spiro atoms. The van der Waals surface area contributed by atoms with Crippen LogP contribution in [0.3, 0.4) is 0 Å². The lowest BCUT2D eigenvalue weighted by Crippen LogP contribution is -2.10. The molecular formula is C19H19ClFN3O2. The van der Waals surface area contributed by atoms with Gasteiger partial charge >= 0.3 is 5.97 Å². The molecule has 7 heteroatoms. The van der Waals surface area contributed by atoms with Crippen molar-refractivity contribution in [1.82, 2.24) is 14.6 Å². The number of halogens is 2. The van der Waals surface area contributed by atoms with Gasteiger partial charge in [-0.1, -0.05) is 17.7 Å². The molecule has 0 saturated heterocycles. The Balaban J connectivity index is 1.67. The first-order valence-electron chi connectivity index (χ1n) is 8.27. The molecule has 2 heterocycles. The number of ether oxygens (including phenoxy) is 1. The van der Waals surface area contributed by atoms with Crippen LogP contribution in [0.1, 0.15) is 34.6 Å². The second kappa shape index (κ2) is 7.41. The van der Waals surface area contributed by atoms with E-state index in [2.05, 4.69) is 10.1 Å². The zero-order valence-electron chi connectivity index (χ0n) is 14.8. The number of fused-ring (bicyclic) bond motifs is 1. The largest absolute Gasteiger partial charge is 0.461 e. The second-order valence-electron chi connectivity index (χ2n) is 6.18. The van der Waals surface area contributed by atoms with Gasteiger partial charge in [0.1, 0.15) is 12.4 Å². The maximum Gasteiger partial charge on any atom is 0.306 e. The minimum Gasteiger partial charge on any atom is -0.461 e. The van der Waals surface area contributed by atoms with Crippen LogP contribution in [0, 0.1) is 26.6 Å². The minimum absolute atomic E-state index is 0.168. The van der Waals surface area contributed by atoms with Gasteiger partial charge in [-0.2, -0.15) is 5.10 Å². The SMILES string of the molecule is Cc1cc2nc(C)c(CCC(=O)OCc3c(F)cccc3Cl)c(C)n2n1. The Morgan fingerprint density at radius 1 is 1.27 bits per heavy atom. The fraction of sp³-hybridized carbons (Fsp3) is 0.316. The van der Waals surface area contributed by atoms with Crippen molar-refractivity contribution in [3.8, 4) is 0 Å². The summed E-state index contributed by atoms with van der Waals surface area (Å²) in [6, 6.07) is 6.27. The molecule has 0 radical (unpaired) electrons. The van der Waals surface area contributed by atoms with Crippen LogP contribution in [-0.2, 0) is 22.6 Å². The standard InChI is InChI=1S/C19H19ClFN3O2/c1-11-9-18-22-12(2)14(13(3)24(18)23-11)7-8-19(25)26-10-15-16(20)5-4-6-17(15)21/h4-6,9H,7-8,10H2,1-3H3. The summed E-state index contributed by atoms with van der Waals surface area (Å²) in [5, 5.41) is 4.66. The molecule has 0 aliphatic heterocycles. The van der Waals surface area contributed by atoms with Crippen molar-refractivity contribution in [2.75, 3.05) is 0 Å². The van der Waals surface area contributed by atoms with Crippen LogP contribution >= 0.6 is 11.6 Å². The highest BCUT2D eigenvalue weighted by Crippen LogP contribution is 2.21. The summed E-state index contributed by atoms with van der Waals surface area (Å²) in [4.78, 5) is 16.6. The number of carbonyl (C=O) groups is 1. The normalized spacial score (nSPS) is 11.1. The summed E-state index contributed by atoms with van der Waals surface area (Å²) >= 11 is 5.94. The lowest BCUT2D eigenvalue weighted by molar-refractivity contribution is -0.144. The van der Waals surface area contributed by atoms with Crippen molar-refractivity contribution in [2.24, 2.45) is 0 Å². The molecule has 0 atom stereocenters. The maximum absolute atomic E-state index is 13.7. The number of nitrogens with zero attached hydrogens (tertiary/aromatic N) is 3. The molecule has 0 unspecified atom stereocenters. The Bertz CT molecular complexity index is 964. The minimum atomic E-state index is -0.485. The lowest BCUT2D eigenvalue weighted by atomic mass is 10.1. The first-order chi connectivity index (χ1) is 12.4. The van der Waals surface area contributed by atoms with Gasteiger partial charge < -0.3 is 4.74 Å². The highest BCUT2D eigenvalue weighted by molar-refractivity contribution is 6.31. The average Bonchev–Trinajstić information content (AvgIpc) is 2.94. The van der Waals surface area contributed by atoms with Gasteiger partial charge in [0.05, 0.1) is 10.7 Å². The van der Waals surface area contributed by atoms with Crippen molar-refractivity contribution in [2.45, 2.75) is 40.2 Å². The van der Waals surface area contributed by atoms with E-state index in [0.29, 0.717) is 6.42 Å². The molecule has 0 saturated carbocycles. The summed E-state index contributed by atoms with van der Waals surface area (Å²) in [6.07, 6.45) is 0.643. The summed E-state index contributed by atoms with van der Waals surface area (Å²) < 4.78 is 20.7. The summed E-state index contributed by atoms with van der Waals surface area (Å²) in [5.41, 5.74) is 4.63. The molecule has 0 aliphatic rings. The Labute approximate surface area is 155 Å². The van der Waals surface area contributed by atoms with Crippen LogP contribution in [0.5, 0.6) is 0 Å². The Morgan fingerprint density at radius 2 is 2.04 bits per heavy atom.